The molecular formula is C17H20ClN. The topological polar surface area (TPSA) is 12.0 Å². The van der Waals surface area contributed by atoms with Gasteiger partial charge in [0.05, 0.1) is 0 Å². The van der Waals surface area contributed by atoms with Crippen molar-refractivity contribution in [3.05, 3.63) is 59.1 Å². The zero-order valence-electron chi connectivity index (χ0n) is 11.5. The summed E-state index contributed by atoms with van der Waals surface area (Å²) < 4.78 is 0. The maximum absolute atomic E-state index is 6.23. The van der Waals surface area contributed by atoms with Gasteiger partial charge in [0.15, 0.2) is 0 Å². The first-order valence-corrected chi connectivity index (χ1v) is 7.22. The summed E-state index contributed by atoms with van der Waals surface area (Å²) in [6, 6.07) is 17.1. The minimum absolute atomic E-state index is 0.435. The van der Waals surface area contributed by atoms with E-state index >= 15 is 0 Å². The molecule has 0 radical (unpaired) electrons. The second-order valence-corrected chi connectivity index (χ2v) is 5.03. The van der Waals surface area contributed by atoms with Gasteiger partial charge < -0.3 is 5.32 Å². The van der Waals surface area contributed by atoms with E-state index in [-0.39, 0.29) is 0 Å². The maximum atomic E-state index is 6.23. The molecule has 0 heterocycles. The first-order valence-electron chi connectivity index (χ1n) is 6.84. The highest BCUT2D eigenvalue weighted by Crippen LogP contribution is 2.28. The van der Waals surface area contributed by atoms with Crippen molar-refractivity contribution >= 4 is 11.6 Å². The summed E-state index contributed by atoms with van der Waals surface area (Å²) in [5.41, 5.74) is 3.59. The van der Waals surface area contributed by atoms with Crippen molar-refractivity contribution < 1.29 is 0 Å². The minimum Gasteiger partial charge on any atom is -0.310 e. The Balaban J connectivity index is 2.26. The van der Waals surface area contributed by atoms with Crippen LogP contribution in [-0.4, -0.2) is 6.54 Å². The second kappa shape index (κ2) is 6.74. The molecule has 0 fully saturated rings. The van der Waals surface area contributed by atoms with E-state index < -0.39 is 0 Å². The third-order valence-corrected chi connectivity index (χ3v) is 3.69. The molecule has 0 bridgehead atoms. The molecule has 2 rings (SSSR count). The Morgan fingerprint density at radius 1 is 1.00 bits per heavy atom. The first-order chi connectivity index (χ1) is 9.26. The Morgan fingerprint density at radius 3 is 2.26 bits per heavy atom. The van der Waals surface area contributed by atoms with E-state index in [0.717, 1.165) is 23.6 Å². The van der Waals surface area contributed by atoms with Gasteiger partial charge in [-0.1, -0.05) is 67.9 Å². The molecule has 1 atom stereocenters. The Kier molecular flexibility index (Phi) is 5.00. The van der Waals surface area contributed by atoms with Crippen molar-refractivity contribution in [1.29, 1.82) is 0 Å². The fourth-order valence-electron chi connectivity index (χ4n) is 2.33. The summed E-state index contributed by atoms with van der Waals surface area (Å²) >= 11 is 6.23. The summed E-state index contributed by atoms with van der Waals surface area (Å²) in [6.07, 6.45) is 1.10. The van der Waals surface area contributed by atoms with Crippen LogP contribution in [0.3, 0.4) is 0 Å². The largest absolute Gasteiger partial charge is 0.310 e. The lowest BCUT2D eigenvalue weighted by Crippen LogP contribution is -2.19. The fourth-order valence-corrected chi connectivity index (χ4v) is 2.58. The molecule has 0 saturated heterocycles. The summed E-state index contributed by atoms with van der Waals surface area (Å²) in [5.74, 6) is 0. The molecule has 1 N–H and O–H groups in total. The van der Waals surface area contributed by atoms with E-state index in [1.807, 2.05) is 18.2 Å². The van der Waals surface area contributed by atoms with E-state index in [2.05, 4.69) is 49.5 Å². The molecule has 2 aromatic carbocycles. The molecule has 19 heavy (non-hydrogen) atoms. The number of rotatable bonds is 5. The number of hydrogen-bond donors (Lipinski definition) is 1. The first kappa shape index (κ1) is 14.1. The molecule has 0 saturated carbocycles. The molecule has 0 amide bonds. The van der Waals surface area contributed by atoms with Crippen LogP contribution in [0.2, 0.25) is 5.02 Å². The monoisotopic (exact) mass is 273 g/mol. The van der Waals surface area contributed by atoms with E-state index in [1.165, 1.54) is 11.1 Å². The Bertz CT molecular complexity index is 519. The molecule has 1 unspecified atom stereocenters. The zero-order valence-corrected chi connectivity index (χ0v) is 12.2. The van der Waals surface area contributed by atoms with Crippen molar-refractivity contribution in [2.75, 3.05) is 6.54 Å². The lowest BCUT2D eigenvalue weighted by molar-refractivity contribution is 0.537. The van der Waals surface area contributed by atoms with E-state index in [9.17, 15) is 0 Å². The van der Waals surface area contributed by atoms with Crippen LogP contribution in [0.25, 0.3) is 11.1 Å². The van der Waals surface area contributed by atoms with Gasteiger partial charge in [0.2, 0.25) is 0 Å². The van der Waals surface area contributed by atoms with Gasteiger partial charge in [-0.15, -0.1) is 0 Å². The average molecular weight is 274 g/mol. The van der Waals surface area contributed by atoms with Crippen molar-refractivity contribution in [1.82, 2.24) is 5.32 Å². The van der Waals surface area contributed by atoms with Crippen molar-refractivity contribution in [2.45, 2.75) is 26.3 Å². The van der Waals surface area contributed by atoms with Gasteiger partial charge in [-0.3, -0.25) is 0 Å². The third-order valence-electron chi connectivity index (χ3n) is 3.36. The Labute approximate surface area is 120 Å². The lowest BCUT2D eigenvalue weighted by atomic mass is 9.99. The predicted octanol–water partition coefficient (Wildman–Crippen LogP) is 5.07. The summed E-state index contributed by atoms with van der Waals surface area (Å²) in [7, 11) is 0. The van der Waals surface area contributed by atoms with Gasteiger partial charge in [-0.2, -0.15) is 0 Å². The van der Waals surface area contributed by atoms with Gasteiger partial charge in [-0.25, -0.2) is 0 Å². The molecule has 2 heteroatoms. The summed E-state index contributed by atoms with van der Waals surface area (Å²) in [5, 5.41) is 4.29. The molecule has 0 spiro atoms. The number of benzene rings is 2. The smallest absolute Gasteiger partial charge is 0.0484 e. The van der Waals surface area contributed by atoms with Crippen LogP contribution in [0.5, 0.6) is 0 Å². The van der Waals surface area contributed by atoms with E-state index in [4.69, 9.17) is 11.6 Å². The minimum atomic E-state index is 0.435. The Hall–Kier alpha value is -1.31. The lowest BCUT2D eigenvalue weighted by Gasteiger charge is -2.16. The number of halogens is 1. The standard InChI is InChI=1S/C17H20ClN/c1-3-17(19-4-2)14-11-9-13(10-12-14)15-7-5-6-8-16(15)18/h5-12,17,19H,3-4H2,1-2H3. The quantitative estimate of drug-likeness (QED) is 0.802. The predicted molar refractivity (Wildman–Crippen MR) is 83.6 cm³/mol. The summed E-state index contributed by atoms with van der Waals surface area (Å²) in [4.78, 5) is 0. The third kappa shape index (κ3) is 3.37. The van der Waals surface area contributed by atoms with Gasteiger partial charge >= 0.3 is 0 Å². The molecule has 0 aliphatic carbocycles. The van der Waals surface area contributed by atoms with Crippen molar-refractivity contribution in [3.63, 3.8) is 0 Å². The Morgan fingerprint density at radius 2 is 1.68 bits per heavy atom. The van der Waals surface area contributed by atoms with Crippen LogP contribution in [-0.2, 0) is 0 Å². The highest BCUT2D eigenvalue weighted by Gasteiger charge is 2.08. The van der Waals surface area contributed by atoms with E-state index in [0.29, 0.717) is 6.04 Å². The normalized spacial score (nSPS) is 12.4. The number of hydrogen-bond acceptors (Lipinski definition) is 1. The highest BCUT2D eigenvalue weighted by molar-refractivity contribution is 6.33. The van der Waals surface area contributed by atoms with Crippen LogP contribution in [0.15, 0.2) is 48.5 Å². The van der Waals surface area contributed by atoms with Gasteiger partial charge in [-0.05, 0) is 30.2 Å². The van der Waals surface area contributed by atoms with Crippen molar-refractivity contribution in [2.24, 2.45) is 0 Å². The van der Waals surface area contributed by atoms with Crippen LogP contribution in [0, 0.1) is 0 Å². The number of nitrogens with one attached hydrogen (secondary N) is 1. The van der Waals surface area contributed by atoms with Crippen molar-refractivity contribution in [3.8, 4) is 11.1 Å². The molecule has 1 nitrogen and oxygen atoms in total. The van der Waals surface area contributed by atoms with Crippen LogP contribution < -0.4 is 5.32 Å². The fraction of sp³-hybridized carbons (Fsp3) is 0.294. The van der Waals surface area contributed by atoms with Crippen LogP contribution in [0.1, 0.15) is 31.9 Å². The molecule has 0 aliphatic heterocycles. The molecular weight excluding hydrogens is 254 g/mol. The van der Waals surface area contributed by atoms with Gasteiger partial charge in [0, 0.05) is 16.6 Å². The SMILES string of the molecule is CCNC(CC)c1ccc(-c2ccccc2Cl)cc1. The molecule has 0 aliphatic rings. The molecule has 0 aromatic heterocycles. The maximum Gasteiger partial charge on any atom is 0.0484 e. The van der Waals surface area contributed by atoms with Gasteiger partial charge in [0.25, 0.3) is 0 Å². The van der Waals surface area contributed by atoms with Crippen LogP contribution >= 0.6 is 11.6 Å². The van der Waals surface area contributed by atoms with Gasteiger partial charge in [0.1, 0.15) is 0 Å². The van der Waals surface area contributed by atoms with Crippen LogP contribution in [0.4, 0.5) is 0 Å². The molecule has 100 valence electrons. The molecule has 2 aromatic rings. The van der Waals surface area contributed by atoms with E-state index in [1.54, 1.807) is 0 Å². The highest BCUT2D eigenvalue weighted by atomic mass is 35.5. The second-order valence-electron chi connectivity index (χ2n) is 4.62. The average Bonchev–Trinajstić information content (AvgIpc) is 2.46. The zero-order chi connectivity index (χ0) is 13.7. The summed E-state index contributed by atoms with van der Waals surface area (Å²) in [6.45, 7) is 5.33.